The van der Waals surface area contributed by atoms with E-state index in [2.05, 4.69) is 5.32 Å². The van der Waals surface area contributed by atoms with E-state index in [9.17, 15) is 9.59 Å². The van der Waals surface area contributed by atoms with Crippen molar-refractivity contribution in [1.29, 1.82) is 0 Å². The van der Waals surface area contributed by atoms with E-state index >= 15 is 0 Å². The summed E-state index contributed by atoms with van der Waals surface area (Å²) < 4.78 is 0. The van der Waals surface area contributed by atoms with Gasteiger partial charge in [-0.1, -0.05) is 19.9 Å². The molecule has 0 fully saturated rings. The number of amides is 1. The number of carboxylic acid groups (broad SMARTS) is 1. The maximum absolute atomic E-state index is 11.9. The van der Waals surface area contributed by atoms with Crippen molar-refractivity contribution in [3.8, 4) is 0 Å². The van der Waals surface area contributed by atoms with Crippen molar-refractivity contribution in [2.24, 2.45) is 5.92 Å². The number of rotatable bonds is 4. The molecule has 2 rings (SSSR count). The van der Waals surface area contributed by atoms with Crippen LogP contribution in [0.15, 0.2) is 18.2 Å². The van der Waals surface area contributed by atoms with Crippen LogP contribution in [-0.2, 0) is 11.2 Å². The Bertz CT molecular complexity index is 522. The minimum Gasteiger partial charge on any atom is -0.478 e. The first kappa shape index (κ1) is 14.6. The van der Waals surface area contributed by atoms with Gasteiger partial charge in [-0.3, -0.25) is 4.79 Å². The van der Waals surface area contributed by atoms with Crippen LogP contribution in [0.5, 0.6) is 0 Å². The summed E-state index contributed by atoms with van der Waals surface area (Å²) in [4.78, 5) is 23.0. The molecule has 0 radical (unpaired) electrons. The Kier molecular flexibility index (Phi) is 4.42. The van der Waals surface area contributed by atoms with E-state index in [0.717, 1.165) is 30.4 Å². The summed E-state index contributed by atoms with van der Waals surface area (Å²) in [6.07, 6.45) is 3.35. The Hall–Kier alpha value is -1.84. The number of carboxylic acids is 1. The molecule has 0 heterocycles. The first-order chi connectivity index (χ1) is 9.47. The number of fused-ring (bicyclic) bond motifs is 1. The highest BCUT2D eigenvalue weighted by atomic mass is 16.4. The van der Waals surface area contributed by atoms with Crippen molar-refractivity contribution in [2.75, 3.05) is 0 Å². The van der Waals surface area contributed by atoms with Gasteiger partial charge in [0.2, 0.25) is 5.91 Å². The second-order valence-corrected chi connectivity index (χ2v) is 5.83. The van der Waals surface area contributed by atoms with Gasteiger partial charge in [0.1, 0.15) is 0 Å². The van der Waals surface area contributed by atoms with Crippen LogP contribution in [0.25, 0.3) is 0 Å². The fraction of sp³-hybridized carbons (Fsp3) is 0.500. The van der Waals surface area contributed by atoms with Gasteiger partial charge in [0.05, 0.1) is 11.6 Å². The quantitative estimate of drug-likeness (QED) is 0.887. The monoisotopic (exact) mass is 275 g/mol. The van der Waals surface area contributed by atoms with E-state index in [1.807, 2.05) is 19.9 Å². The van der Waals surface area contributed by atoms with Gasteiger partial charge in [0.15, 0.2) is 0 Å². The first-order valence-electron chi connectivity index (χ1n) is 7.13. The van der Waals surface area contributed by atoms with Gasteiger partial charge in [-0.15, -0.1) is 0 Å². The minimum atomic E-state index is -0.925. The highest BCUT2D eigenvalue weighted by molar-refractivity contribution is 5.88. The number of hydrogen-bond donors (Lipinski definition) is 2. The van der Waals surface area contributed by atoms with E-state index in [4.69, 9.17) is 5.11 Å². The van der Waals surface area contributed by atoms with Crippen LogP contribution in [0, 0.1) is 5.92 Å². The van der Waals surface area contributed by atoms with Gasteiger partial charge in [-0.25, -0.2) is 4.79 Å². The Balaban J connectivity index is 2.20. The Morgan fingerprint density at radius 3 is 2.80 bits per heavy atom. The second kappa shape index (κ2) is 6.07. The van der Waals surface area contributed by atoms with Crippen LogP contribution < -0.4 is 5.32 Å². The Morgan fingerprint density at radius 2 is 2.15 bits per heavy atom. The third-order valence-electron chi connectivity index (χ3n) is 3.64. The SMILES string of the molecule is CC(C)CC(=O)NC1CCCc2ccc(C(=O)O)cc21. The van der Waals surface area contributed by atoms with E-state index in [1.165, 1.54) is 0 Å². The highest BCUT2D eigenvalue weighted by Crippen LogP contribution is 2.30. The van der Waals surface area contributed by atoms with Crippen LogP contribution in [0.2, 0.25) is 0 Å². The number of benzene rings is 1. The Morgan fingerprint density at radius 1 is 1.40 bits per heavy atom. The van der Waals surface area contributed by atoms with Crippen molar-refractivity contribution < 1.29 is 14.7 Å². The summed E-state index contributed by atoms with van der Waals surface area (Å²) in [5.74, 6) is -0.562. The summed E-state index contributed by atoms with van der Waals surface area (Å²) in [5, 5.41) is 12.1. The zero-order valence-electron chi connectivity index (χ0n) is 12.0. The smallest absolute Gasteiger partial charge is 0.335 e. The third kappa shape index (κ3) is 3.38. The van der Waals surface area contributed by atoms with Crippen LogP contribution in [-0.4, -0.2) is 17.0 Å². The van der Waals surface area contributed by atoms with Gasteiger partial charge in [0.25, 0.3) is 0 Å². The maximum Gasteiger partial charge on any atom is 0.335 e. The molecule has 0 spiro atoms. The average molecular weight is 275 g/mol. The van der Waals surface area contributed by atoms with E-state index in [1.54, 1.807) is 12.1 Å². The molecule has 1 aromatic rings. The fourth-order valence-electron chi connectivity index (χ4n) is 2.71. The number of carbonyl (C=O) groups excluding carboxylic acids is 1. The molecule has 2 N–H and O–H groups in total. The highest BCUT2D eigenvalue weighted by Gasteiger charge is 2.23. The summed E-state index contributed by atoms with van der Waals surface area (Å²) in [7, 11) is 0. The molecule has 4 heteroatoms. The van der Waals surface area contributed by atoms with Crippen molar-refractivity contribution >= 4 is 11.9 Å². The zero-order chi connectivity index (χ0) is 14.7. The lowest BCUT2D eigenvalue weighted by molar-refractivity contribution is -0.122. The molecule has 0 bridgehead atoms. The fourth-order valence-corrected chi connectivity index (χ4v) is 2.71. The van der Waals surface area contributed by atoms with Crippen LogP contribution in [0.3, 0.4) is 0 Å². The normalized spacial score (nSPS) is 17.6. The lowest BCUT2D eigenvalue weighted by Crippen LogP contribution is -2.31. The van der Waals surface area contributed by atoms with E-state index in [0.29, 0.717) is 12.3 Å². The molecule has 0 saturated carbocycles. The topological polar surface area (TPSA) is 66.4 Å². The molecule has 0 saturated heterocycles. The number of hydrogen-bond acceptors (Lipinski definition) is 2. The minimum absolute atomic E-state index is 0.0404. The molecule has 1 unspecified atom stereocenters. The maximum atomic E-state index is 11.9. The summed E-state index contributed by atoms with van der Waals surface area (Å²) in [5.41, 5.74) is 2.40. The molecule has 1 atom stereocenters. The summed E-state index contributed by atoms with van der Waals surface area (Å²) in [6.45, 7) is 4.02. The molecular weight excluding hydrogens is 254 g/mol. The molecule has 1 aliphatic carbocycles. The zero-order valence-corrected chi connectivity index (χ0v) is 12.0. The van der Waals surface area contributed by atoms with Gasteiger partial charge in [-0.2, -0.15) is 0 Å². The molecule has 1 aliphatic rings. The number of carbonyl (C=O) groups is 2. The van der Waals surface area contributed by atoms with Gasteiger partial charge >= 0.3 is 5.97 Å². The molecule has 0 aliphatic heterocycles. The number of aryl methyl sites for hydroxylation is 1. The van der Waals surface area contributed by atoms with Gasteiger partial charge in [-0.05, 0) is 48.4 Å². The van der Waals surface area contributed by atoms with Crippen molar-refractivity contribution in [3.05, 3.63) is 34.9 Å². The number of aromatic carboxylic acids is 1. The molecule has 1 aromatic carbocycles. The predicted octanol–water partition coefficient (Wildman–Crippen LogP) is 2.92. The van der Waals surface area contributed by atoms with Crippen LogP contribution in [0.4, 0.5) is 0 Å². The average Bonchev–Trinajstić information content (AvgIpc) is 2.37. The summed E-state index contributed by atoms with van der Waals surface area (Å²) >= 11 is 0. The molecular formula is C16H21NO3. The molecule has 108 valence electrons. The van der Waals surface area contributed by atoms with Crippen molar-refractivity contribution in [3.63, 3.8) is 0 Å². The van der Waals surface area contributed by atoms with Crippen molar-refractivity contribution in [2.45, 2.75) is 45.6 Å². The van der Waals surface area contributed by atoms with Crippen molar-refractivity contribution in [1.82, 2.24) is 5.32 Å². The molecule has 20 heavy (non-hydrogen) atoms. The molecule has 4 nitrogen and oxygen atoms in total. The van der Waals surface area contributed by atoms with Crippen LogP contribution in [0.1, 0.15) is 60.6 Å². The lowest BCUT2D eigenvalue weighted by Gasteiger charge is -2.27. The first-order valence-corrected chi connectivity index (χ1v) is 7.13. The van der Waals surface area contributed by atoms with Crippen LogP contribution >= 0.6 is 0 Å². The lowest BCUT2D eigenvalue weighted by atomic mass is 9.86. The summed E-state index contributed by atoms with van der Waals surface area (Å²) in [6, 6.07) is 5.17. The standard InChI is InChI=1S/C16H21NO3/c1-10(2)8-15(18)17-14-5-3-4-11-6-7-12(16(19)20)9-13(11)14/h6-7,9-10,14H,3-5,8H2,1-2H3,(H,17,18)(H,19,20). The van der Waals surface area contributed by atoms with Gasteiger partial charge < -0.3 is 10.4 Å². The van der Waals surface area contributed by atoms with Gasteiger partial charge in [0, 0.05) is 6.42 Å². The third-order valence-corrected chi connectivity index (χ3v) is 3.64. The largest absolute Gasteiger partial charge is 0.478 e. The predicted molar refractivity (Wildman–Crippen MR) is 76.7 cm³/mol. The number of nitrogens with one attached hydrogen (secondary N) is 1. The Labute approximate surface area is 119 Å². The molecule has 0 aromatic heterocycles. The van der Waals surface area contributed by atoms with E-state index in [-0.39, 0.29) is 17.5 Å². The van der Waals surface area contributed by atoms with E-state index < -0.39 is 5.97 Å². The second-order valence-electron chi connectivity index (χ2n) is 5.83. The molecule has 1 amide bonds.